The molecule has 4 rings (SSSR count). The summed E-state index contributed by atoms with van der Waals surface area (Å²) in [6.07, 6.45) is 4.42. The van der Waals surface area contributed by atoms with Gasteiger partial charge in [-0.1, -0.05) is 33.7 Å². The number of methoxy groups -OCH3 is 1. The summed E-state index contributed by atoms with van der Waals surface area (Å²) in [6, 6.07) is 5.66. The van der Waals surface area contributed by atoms with Gasteiger partial charge in [0.2, 0.25) is 5.91 Å². The van der Waals surface area contributed by atoms with Gasteiger partial charge in [-0.3, -0.25) is 9.59 Å². The molecule has 0 saturated heterocycles. The summed E-state index contributed by atoms with van der Waals surface area (Å²) in [4.78, 5) is 43.5. The van der Waals surface area contributed by atoms with Crippen LogP contribution in [0.2, 0.25) is 0 Å². The lowest BCUT2D eigenvalue weighted by molar-refractivity contribution is -0.115. The molecule has 40 heavy (non-hydrogen) atoms. The molecule has 0 spiro atoms. The maximum absolute atomic E-state index is 12.8. The highest BCUT2D eigenvalue weighted by Crippen LogP contribution is 2.38. The number of thiazole rings is 1. The van der Waals surface area contributed by atoms with Gasteiger partial charge in [0, 0.05) is 22.5 Å². The molecule has 0 bridgehead atoms. The summed E-state index contributed by atoms with van der Waals surface area (Å²) in [5.74, 6) is -4.11. The molecule has 1 aliphatic rings. The number of anilines is 1. The smallest absolute Gasteiger partial charge is 0.341 e. The number of rotatable bonds is 10. The quantitative estimate of drug-likeness (QED) is 0.195. The van der Waals surface area contributed by atoms with E-state index in [4.69, 9.17) is 9.47 Å². The lowest BCUT2D eigenvalue weighted by Crippen LogP contribution is -2.28. The van der Waals surface area contributed by atoms with E-state index in [2.05, 4.69) is 26.2 Å². The van der Waals surface area contributed by atoms with Crippen molar-refractivity contribution in [3.63, 3.8) is 0 Å². The zero-order valence-electron chi connectivity index (χ0n) is 22.2. The number of hydrogen-bond donors (Lipinski definition) is 1. The largest absolute Gasteiger partial charge is 0.465 e. The number of aromatic nitrogens is 1. The second-order valence-corrected chi connectivity index (χ2v) is 14.3. The van der Waals surface area contributed by atoms with Crippen molar-refractivity contribution in [2.75, 3.05) is 37.1 Å². The topological polar surface area (TPSA) is 133 Å². The van der Waals surface area contributed by atoms with Crippen molar-refractivity contribution in [3.8, 4) is 0 Å². The van der Waals surface area contributed by atoms with E-state index in [1.807, 2.05) is 29.7 Å². The number of amides is 2. The fourth-order valence-corrected chi connectivity index (χ4v) is 8.47. The average Bonchev–Trinajstić information content (AvgIpc) is 3.28. The van der Waals surface area contributed by atoms with Crippen LogP contribution in [0.1, 0.15) is 47.0 Å². The van der Waals surface area contributed by atoms with E-state index in [1.165, 1.54) is 29.8 Å². The molecule has 0 unspecified atom stereocenters. The molecule has 216 valence electrons. The van der Waals surface area contributed by atoms with E-state index in [0.717, 1.165) is 50.8 Å². The highest BCUT2D eigenvalue weighted by molar-refractivity contribution is 9.10. The monoisotopic (exact) mass is 671 g/mol. The van der Waals surface area contributed by atoms with Gasteiger partial charge in [-0.05, 0) is 56.4 Å². The summed E-state index contributed by atoms with van der Waals surface area (Å²) < 4.78 is 39.5. The van der Waals surface area contributed by atoms with Crippen molar-refractivity contribution < 1.29 is 32.3 Å². The van der Waals surface area contributed by atoms with Crippen molar-refractivity contribution in [1.82, 2.24) is 4.57 Å². The molecule has 2 amide bonds. The van der Waals surface area contributed by atoms with Crippen LogP contribution in [-0.2, 0) is 48.3 Å². The standard InChI is InChI=1S/C26H30BrN3O7S3/c1-3-37-12-11-30-18-10-9-16(27)13-20(18)39-26(30)29-22(32)15-40(34,35)14-21(31)28-24-23(25(33)36-2)17-7-5-4-6-8-19(17)38-24/h9-10,13H,3-8,11-12,14-15H2,1-2H3,(H,28,31). The molecule has 2 aromatic heterocycles. The fraction of sp³-hybridized carbons (Fsp3) is 0.462. The minimum absolute atomic E-state index is 0.279. The van der Waals surface area contributed by atoms with Crippen molar-refractivity contribution in [1.29, 1.82) is 0 Å². The van der Waals surface area contributed by atoms with Gasteiger partial charge in [0.05, 0.1) is 29.5 Å². The Bertz CT molecular complexity index is 1610. The first kappa shape index (κ1) is 30.6. The Hall–Kier alpha value is -2.39. The Balaban J connectivity index is 1.50. The number of ether oxygens (including phenoxy) is 2. The highest BCUT2D eigenvalue weighted by atomic mass is 79.9. The van der Waals surface area contributed by atoms with Crippen molar-refractivity contribution >= 4 is 81.4 Å². The summed E-state index contributed by atoms with van der Waals surface area (Å²) in [5, 5.41) is 2.86. The van der Waals surface area contributed by atoms with Crippen LogP contribution in [0.25, 0.3) is 10.2 Å². The summed E-state index contributed by atoms with van der Waals surface area (Å²) >= 11 is 5.97. The number of thiophene rings is 1. The zero-order chi connectivity index (χ0) is 28.9. The molecule has 10 nitrogen and oxygen atoms in total. The van der Waals surface area contributed by atoms with Gasteiger partial charge >= 0.3 is 5.97 Å². The van der Waals surface area contributed by atoms with Crippen LogP contribution >= 0.6 is 38.6 Å². The van der Waals surface area contributed by atoms with Crippen molar-refractivity contribution in [2.45, 2.75) is 45.6 Å². The van der Waals surface area contributed by atoms with E-state index >= 15 is 0 Å². The van der Waals surface area contributed by atoms with Crippen LogP contribution in [0.3, 0.4) is 0 Å². The number of nitrogens with zero attached hydrogens (tertiary/aromatic N) is 2. The Morgan fingerprint density at radius 2 is 1.90 bits per heavy atom. The number of sulfone groups is 1. The third-order valence-corrected chi connectivity index (χ3v) is 10.4. The van der Waals surface area contributed by atoms with Crippen LogP contribution in [0.4, 0.5) is 5.00 Å². The van der Waals surface area contributed by atoms with E-state index in [1.54, 1.807) is 0 Å². The highest BCUT2D eigenvalue weighted by Gasteiger charge is 2.28. The average molecular weight is 673 g/mol. The zero-order valence-corrected chi connectivity index (χ0v) is 26.2. The second-order valence-electron chi connectivity index (χ2n) is 9.19. The van der Waals surface area contributed by atoms with Crippen molar-refractivity contribution in [3.05, 3.63) is 43.5 Å². The van der Waals surface area contributed by atoms with E-state index in [0.29, 0.717) is 31.0 Å². The van der Waals surface area contributed by atoms with Crippen LogP contribution in [0.15, 0.2) is 27.7 Å². The SMILES string of the molecule is CCOCCn1c(=NC(=O)CS(=O)(=O)CC(=O)Nc2sc3c(c2C(=O)OC)CCCCC3)sc2cc(Br)ccc21. The van der Waals surface area contributed by atoms with Gasteiger partial charge < -0.3 is 19.4 Å². The van der Waals surface area contributed by atoms with Gasteiger partial charge in [-0.2, -0.15) is 4.99 Å². The second kappa shape index (κ2) is 13.5. The van der Waals surface area contributed by atoms with E-state index in [9.17, 15) is 22.8 Å². The predicted molar refractivity (Wildman–Crippen MR) is 159 cm³/mol. The molecule has 1 aliphatic carbocycles. The van der Waals surface area contributed by atoms with Gasteiger partial charge in [-0.15, -0.1) is 11.3 Å². The number of carbonyl (C=O) groups is 3. The number of esters is 1. The number of hydrogen-bond acceptors (Lipinski definition) is 9. The molecule has 0 radical (unpaired) electrons. The van der Waals surface area contributed by atoms with Gasteiger partial charge in [0.25, 0.3) is 5.91 Å². The third-order valence-electron chi connectivity index (χ3n) is 6.29. The lowest BCUT2D eigenvalue weighted by Gasteiger charge is -2.08. The lowest BCUT2D eigenvalue weighted by atomic mass is 10.1. The normalized spacial score (nSPS) is 14.1. The third kappa shape index (κ3) is 7.46. The maximum Gasteiger partial charge on any atom is 0.341 e. The first-order valence-electron chi connectivity index (χ1n) is 12.8. The Morgan fingerprint density at radius 1 is 1.12 bits per heavy atom. The predicted octanol–water partition coefficient (Wildman–Crippen LogP) is 4.10. The molecule has 1 aromatic carbocycles. The molecule has 0 fully saturated rings. The molecule has 1 N–H and O–H groups in total. The maximum atomic E-state index is 12.8. The van der Waals surface area contributed by atoms with Gasteiger partial charge in [0.1, 0.15) is 16.5 Å². The molecule has 3 aromatic rings. The van der Waals surface area contributed by atoms with E-state index in [-0.39, 0.29) is 10.6 Å². The molecule has 0 atom stereocenters. The molecular formula is C26H30BrN3O7S3. The Morgan fingerprint density at radius 3 is 2.65 bits per heavy atom. The number of fused-ring (bicyclic) bond motifs is 2. The van der Waals surface area contributed by atoms with E-state index < -0.39 is 39.1 Å². The molecular weight excluding hydrogens is 642 g/mol. The minimum Gasteiger partial charge on any atom is -0.465 e. The minimum atomic E-state index is -4.14. The number of nitrogens with one attached hydrogen (secondary N) is 1. The molecule has 14 heteroatoms. The number of carbonyl (C=O) groups excluding carboxylic acids is 3. The summed E-state index contributed by atoms with van der Waals surface area (Å²) in [5.41, 5.74) is 1.99. The van der Waals surface area contributed by atoms with Crippen LogP contribution in [-0.4, -0.2) is 62.6 Å². The Labute approximate surface area is 248 Å². The number of aryl methyl sites for hydroxylation is 1. The summed E-state index contributed by atoms with van der Waals surface area (Å²) in [6.45, 7) is 3.25. The summed E-state index contributed by atoms with van der Waals surface area (Å²) in [7, 11) is -2.87. The fourth-order valence-electron chi connectivity index (χ4n) is 4.54. The van der Waals surface area contributed by atoms with Gasteiger partial charge in [-0.25, -0.2) is 13.2 Å². The molecule has 2 heterocycles. The first-order valence-corrected chi connectivity index (χ1v) is 17.0. The van der Waals surface area contributed by atoms with Crippen LogP contribution < -0.4 is 10.1 Å². The van der Waals surface area contributed by atoms with Crippen molar-refractivity contribution in [2.24, 2.45) is 4.99 Å². The number of halogens is 1. The van der Waals surface area contributed by atoms with Gasteiger partial charge in [0.15, 0.2) is 14.6 Å². The number of benzene rings is 1. The first-order chi connectivity index (χ1) is 19.1. The van der Waals surface area contributed by atoms with Crippen LogP contribution in [0.5, 0.6) is 0 Å². The Kier molecular flexibility index (Phi) is 10.3. The molecule has 0 aliphatic heterocycles. The van der Waals surface area contributed by atoms with Crippen LogP contribution in [0, 0.1) is 0 Å². The molecule has 0 saturated carbocycles.